The Morgan fingerprint density at radius 3 is 2.12 bits per heavy atom. The van der Waals surface area contributed by atoms with Crippen LogP contribution >= 0.6 is 0 Å². The fraction of sp³-hybridized carbons (Fsp3) is 0.625. The highest BCUT2D eigenvalue weighted by molar-refractivity contribution is 5.32. The maximum atomic E-state index is 3.35. The smallest absolute Gasteiger partial charge is 0.000543 e. The average Bonchev–Trinajstić information content (AvgIpc) is 2.11. The molecule has 0 unspecified atom stereocenters. The van der Waals surface area contributed by atoms with Gasteiger partial charge in [0.25, 0.3) is 0 Å². The Labute approximate surface area is 105 Å². The third-order valence-corrected chi connectivity index (χ3v) is 4.66. The number of aryl methyl sites for hydroxylation is 2. The molecule has 3 fully saturated rings. The van der Waals surface area contributed by atoms with Crippen LogP contribution in [0.15, 0.2) is 18.2 Å². The van der Waals surface area contributed by atoms with Crippen LogP contribution in [0.5, 0.6) is 0 Å². The second-order valence-corrected chi connectivity index (χ2v) is 6.73. The van der Waals surface area contributed by atoms with Crippen molar-refractivity contribution in [3.63, 3.8) is 0 Å². The molecular formula is C16H23N. The molecule has 92 valence electrons. The maximum absolute atomic E-state index is 3.35. The lowest BCUT2D eigenvalue weighted by Gasteiger charge is -2.71. The van der Waals surface area contributed by atoms with E-state index in [2.05, 4.69) is 44.4 Å². The van der Waals surface area contributed by atoms with Gasteiger partial charge in [0.2, 0.25) is 0 Å². The first kappa shape index (κ1) is 11.3. The van der Waals surface area contributed by atoms with E-state index in [1.165, 1.54) is 43.4 Å². The molecule has 0 atom stereocenters. The van der Waals surface area contributed by atoms with E-state index in [0.29, 0.717) is 10.8 Å². The van der Waals surface area contributed by atoms with Crippen molar-refractivity contribution in [1.29, 1.82) is 0 Å². The van der Waals surface area contributed by atoms with Crippen LogP contribution in [-0.4, -0.2) is 13.6 Å². The van der Waals surface area contributed by atoms with Gasteiger partial charge in [0.1, 0.15) is 0 Å². The van der Waals surface area contributed by atoms with Gasteiger partial charge in [-0.3, -0.25) is 0 Å². The summed E-state index contributed by atoms with van der Waals surface area (Å²) in [5.74, 6) is 0. The zero-order valence-corrected chi connectivity index (χ0v) is 11.3. The fourth-order valence-electron chi connectivity index (χ4n) is 4.59. The van der Waals surface area contributed by atoms with Gasteiger partial charge >= 0.3 is 0 Å². The third-order valence-electron chi connectivity index (χ3n) is 4.66. The van der Waals surface area contributed by atoms with E-state index in [1.807, 2.05) is 0 Å². The van der Waals surface area contributed by atoms with Crippen LogP contribution in [0.4, 0.5) is 0 Å². The monoisotopic (exact) mass is 229 g/mol. The van der Waals surface area contributed by atoms with Crippen LogP contribution in [0, 0.1) is 24.7 Å². The first-order chi connectivity index (χ1) is 8.05. The largest absolute Gasteiger partial charge is 0.319 e. The Balaban J connectivity index is 1.66. The molecular weight excluding hydrogens is 206 g/mol. The Morgan fingerprint density at radius 1 is 1.00 bits per heavy atom. The minimum Gasteiger partial charge on any atom is -0.319 e. The number of hydrogen-bond donors (Lipinski definition) is 1. The summed E-state index contributed by atoms with van der Waals surface area (Å²) >= 11 is 0. The number of benzene rings is 1. The van der Waals surface area contributed by atoms with Gasteiger partial charge in [-0.2, -0.15) is 0 Å². The highest BCUT2D eigenvalue weighted by Crippen LogP contribution is 2.74. The topological polar surface area (TPSA) is 12.0 Å². The Bertz CT molecular complexity index is 407. The maximum Gasteiger partial charge on any atom is 0.000543 e. The lowest BCUT2D eigenvalue weighted by atomic mass is 9.34. The molecule has 2 bridgehead atoms. The van der Waals surface area contributed by atoms with Crippen molar-refractivity contribution < 1.29 is 0 Å². The fourth-order valence-corrected chi connectivity index (χ4v) is 4.59. The van der Waals surface area contributed by atoms with Gasteiger partial charge in [0.15, 0.2) is 0 Å². The first-order valence-electron chi connectivity index (χ1n) is 6.77. The van der Waals surface area contributed by atoms with E-state index >= 15 is 0 Å². The van der Waals surface area contributed by atoms with Crippen LogP contribution in [0.2, 0.25) is 0 Å². The zero-order valence-electron chi connectivity index (χ0n) is 11.3. The summed E-state index contributed by atoms with van der Waals surface area (Å²) in [5.41, 5.74) is 5.75. The molecule has 3 saturated carbocycles. The average molecular weight is 229 g/mol. The summed E-state index contributed by atoms with van der Waals surface area (Å²) in [6.45, 7) is 5.64. The summed E-state index contributed by atoms with van der Waals surface area (Å²) in [6.07, 6.45) is 5.66. The molecule has 1 nitrogen and oxygen atoms in total. The highest BCUT2D eigenvalue weighted by Gasteiger charge is 2.66. The molecule has 3 aliphatic carbocycles. The molecule has 0 saturated heterocycles. The molecule has 17 heavy (non-hydrogen) atoms. The summed E-state index contributed by atoms with van der Waals surface area (Å²) in [6, 6.07) is 7.02. The standard InChI is InChI=1S/C16H23N/c1-12-4-13(2)6-14(5-12)7-15-8-16(9-15,10-15)11-17-3/h4-6,17H,7-11H2,1-3H3. The molecule has 1 N–H and O–H groups in total. The second-order valence-electron chi connectivity index (χ2n) is 6.73. The van der Waals surface area contributed by atoms with E-state index in [4.69, 9.17) is 0 Å². The minimum absolute atomic E-state index is 0.678. The lowest BCUT2D eigenvalue weighted by molar-refractivity contribution is -0.198. The highest BCUT2D eigenvalue weighted by atomic mass is 14.9. The van der Waals surface area contributed by atoms with E-state index in [9.17, 15) is 0 Å². The van der Waals surface area contributed by atoms with Crippen molar-refractivity contribution >= 4 is 0 Å². The molecule has 4 rings (SSSR count). The molecule has 1 aromatic rings. The Hall–Kier alpha value is -0.820. The molecule has 1 heteroatoms. The first-order valence-corrected chi connectivity index (χ1v) is 6.77. The van der Waals surface area contributed by atoms with Crippen LogP contribution < -0.4 is 5.32 Å². The summed E-state index contributed by atoms with van der Waals surface area (Å²) in [7, 11) is 2.08. The third kappa shape index (κ3) is 1.81. The Morgan fingerprint density at radius 2 is 1.59 bits per heavy atom. The summed E-state index contributed by atoms with van der Waals surface area (Å²) in [5, 5.41) is 3.35. The molecule has 0 amide bonds. The number of nitrogens with one attached hydrogen (secondary N) is 1. The Kier molecular flexibility index (Phi) is 2.38. The van der Waals surface area contributed by atoms with Gasteiger partial charge in [0.05, 0.1) is 0 Å². The van der Waals surface area contributed by atoms with Crippen LogP contribution in [-0.2, 0) is 6.42 Å². The van der Waals surface area contributed by atoms with Crippen molar-refractivity contribution in [2.24, 2.45) is 10.8 Å². The van der Waals surface area contributed by atoms with Gasteiger partial charge in [-0.1, -0.05) is 29.3 Å². The van der Waals surface area contributed by atoms with Gasteiger partial charge in [0, 0.05) is 6.54 Å². The summed E-state index contributed by atoms with van der Waals surface area (Å²) < 4.78 is 0. The van der Waals surface area contributed by atoms with E-state index < -0.39 is 0 Å². The van der Waals surface area contributed by atoms with Gasteiger partial charge in [-0.05, 0) is 63.0 Å². The molecule has 0 spiro atoms. The van der Waals surface area contributed by atoms with Crippen LogP contribution in [0.3, 0.4) is 0 Å². The van der Waals surface area contributed by atoms with Crippen molar-refractivity contribution in [1.82, 2.24) is 5.32 Å². The van der Waals surface area contributed by atoms with Gasteiger partial charge in [-0.15, -0.1) is 0 Å². The molecule has 0 heterocycles. The number of rotatable bonds is 4. The van der Waals surface area contributed by atoms with Crippen molar-refractivity contribution in [2.45, 2.75) is 39.5 Å². The summed E-state index contributed by atoms with van der Waals surface area (Å²) in [4.78, 5) is 0. The molecule has 3 aliphatic rings. The normalized spacial score (nSPS) is 34.1. The van der Waals surface area contributed by atoms with Crippen molar-refractivity contribution in [3.8, 4) is 0 Å². The van der Waals surface area contributed by atoms with Crippen LogP contribution in [0.25, 0.3) is 0 Å². The van der Waals surface area contributed by atoms with Crippen molar-refractivity contribution in [2.75, 3.05) is 13.6 Å². The number of hydrogen-bond acceptors (Lipinski definition) is 1. The van der Waals surface area contributed by atoms with Gasteiger partial charge in [-0.25, -0.2) is 0 Å². The van der Waals surface area contributed by atoms with Crippen molar-refractivity contribution in [3.05, 3.63) is 34.9 Å². The molecule has 0 aliphatic heterocycles. The predicted octanol–water partition coefficient (Wildman–Crippen LogP) is 3.24. The zero-order chi connectivity index (χ0) is 12.1. The second kappa shape index (κ2) is 3.58. The SMILES string of the molecule is CNCC12CC(Cc3cc(C)cc(C)c3)(C1)C2. The van der Waals surface area contributed by atoms with E-state index in [0.717, 1.165) is 0 Å². The lowest BCUT2D eigenvalue weighted by Crippen LogP contribution is -2.65. The van der Waals surface area contributed by atoms with E-state index in [-0.39, 0.29) is 0 Å². The predicted molar refractivity (Wildman–Crippen MR) is 72.3 cm³/mol. The van der Waals surface area contributed by atoms with Crippen LogP contribution in [0.1, 0.15) is 36.0 Å². The minimum atomic E-state index is 0.678. The van der Waals surface area contributed by atoms with Gasteiger partial charge < -0.3 is 5.32 Å². The van der Waals surface area contributed by atoms with E-state index in [1.54, 1.807) is 5.56 Å². The molecule has 0 radical (unpaired) electrons. The molecule has 1 aromatic carbocycles. The molecule has 0 aromatic heterocycles. The quantitative estimate of drug-likeness (QED) is 0.836.